The summed E-state index contributed by atoms with van der Waals surface area (Å²) in [7, 11) is 0. The van der Waals surface area contributed by atoms with Gasteiger partial charge in [-0.05, 0) is 67.2 Å². The highest BCUT2D eigenvalue weighted by atomic mass is 16.5. The number of aryl methyl sites for hydroxylation is 2. The van der Waals surface area contributed by atoms with E-state index in [9.17, 15) is 9.90 Å². The third kappa shape index (κ3) is 5.05. The van der Waals surface area contributed by atoms with E-state index in [1.54, 1.807) is 12.4 Å². The fourth-order valence-corrected chi connectivity index (χ4v) is 5.16. The van der Waals surface area contributed by atoms with Gasteiger partial charge >= 0.3 is 5.97 Å². The van der Waals surface area contributed by atoms with Crippen LogP contribution in [0.4, 0.5) is 5.82 Å². The van der Waals surface area contributed by atoms with Gasteiger partial charge in [0.1, 0.15) is 11.9 Å². The zero-order valence-corrected chi connectivity index (χ0v) is 19.4. The average Bonchev–Trinajstić information content (AvgIpc) is 3.32. The number of anilines is 1. The standard InChI is InChI=1S/C27H32N4O3/c32-27(33)25(24-8-3-5-20-17-28-14-11-23(20)24)31-15-12-22(18-31)34-16-2-1-7-21-10-9-19-6-4-13-29-26(19)30-21/h3,5,8-11,14,17,22,25H,1-2,4,6-7,12-13,15-16,18H2,(H,29,30)(H,32,33). The molecule has 0 amide bonds. The van der Waals surface area contributed by atoms with E-state index in [1.807, 2.05) is 29.2 Å². The summed E-state index contributed by atoms with van der Waals surface area (Å²) in [5.74, 6) is 0.235. The van der Waals surface area contributed by atoms with Crippen LogP contribution in [0.3, 0.4) is 0 Å². The predicted molar refractivity (Wildman–Crippen MR) is 132 cm³/mol. The third-order valence-corrected chi connectivity index (χ3v) is 6.92. The van der Waals surface area contributed by atoms with E-state index in [0.717, 1.165) is 73.0 Å². The number of nitrogens with zero attached hydrogens (tertiary/aromatic N) is 3. The molecule has 7 heteroatoms. The number of likely N-dealkylation sites (tertiary alicyclic amines) is 1. The molecule has 0 radical (unpaired) electrons. The number of hydrogen-bond acceptors (Lipinski definition) is 6. The van der Waals surface area contributed by atoms with Crippen molar-refractivity contribution in [3.8, 4) is 0 Å². The van der Waals surface area contributed by atoms with Gasteiger partial charge in [0, 0.05) is 49.7 Å². The summed E-state index contributed by atoms with van der Waals surface area (Å²) in [5.41, 5.74) is 3.28. The molecule has 0 aliphatic carbocycles. The van der Waals surface area contributed by atoms with Crippen molar-refractivity contribution in [1.82, 2.24) is 14.9 Å². The van der Waals surface area contributed by atoms with Crippen LogP contribution in [0.25, 0.3) is 10.8 Å². The third-order valence-electron chi connectivity index (χ3n) is 6.92. The molecular weight excluding hydrogens is 428 g/mol. The van der Waals surface area contributed by atoms with Crippen molar-refractivity contribution in [2.45, 2.75) is 50.7 Å². The highest BCUT2D eigenvalue weighted by Gasteiger charge is 2.34. The Morgan fingerprint density at radius 1 is 1.24 bits per heavy atom. The van der Waals surface area contributed by atoms with Gasteiger partial charge in [-0.3, -0.25) is 14.7 Å². The fraction of sp³-hybridized carbons (Fsp3) is 0.444. The molecule has 0 bridgehead atoms. The van der Waals surface area contributed by atoms with Crippen LogP contribution in [-0.4, -0.2) is 58.3 Å². The van der Waals surface area contributed by atoms with Crippen molar-refractivity contribution in [2.75, 3.05) is 31.6 Å². The molecule has 34 heavy (non-hydrogen) atoms. The lowest BCUT2D eigenvalue weighted by Crippen LogP contribution is -2.33. The molecular formula is C27H32N4O3. The molecule has 0 saturated carbocycles. The van der Waals surface area contributed by atoms with Gasteiger partial charge in [0.2, 0.25) is 0 Å². The van der Waals surface area contributed by atoms with Crippen molar-refractivity contribution >= 4 is 22.6 Å². The van der Waals surface area contributed by atoms with E-state index < -0.39 is 12.0 Å². The molecule has 2 unspecified atom stereocenters. The van der Waals surface area contributed by atoms with Crippen molar-refractivity contribution in [3.05, 3.63) is 65.6 Å². The quantitative estimate of drug-likeness (QED) is 0.462. The number of ether oxygens (including phenoxy) is 1. The lowest BCUT2D eigenvalue weighted by Gasteiger charge is -2.25. The molecule has 2 aliphatic rings. The summed E-state index contributed by atoms with van der Waals surface area (Å²) in [6, 6.07) is 11.4. The molecule has 1 aromatic carbocycles. The number of aromatic nitrogens is 2. The van der Waals surface area contributed by atoms with Crippen LogP contribution in [0.1, 0.15) is 48.5 Å². The van der Waals surface area contributed by atoms with E-state index in [0.29, 0.717) is 13.2 Å². The van der Waals surface area contributed by atoms with Crippen LogP contribution in [0.15, 0.2) is 48.8 Å². The number of unbranched alkanes of at least 4 members (excludes halogenated alkanes) is 1. The average molecular weight is 461 g/mol. The maximum atomic E-state index is 12.3. The summed E-state index contributed by atoms with van der Waals surface area (Å²) in [4.78, 5) is 23.2. The molecule has 2 aromatic heterocycles. The van der Waals surface area contributed by atoms with E-state index in [1.165, 1.54) is 12.0 Å². The summed E-state index contributed by atoms with van der Waals surface area (Å²) in [5, 5.41) is 15.4. The molecule has 178 valence electrons. The number of pyridine rings is 2. The summed E-state index contributed by atoms with van der Waals surface area (Å²) < 4.78 is 6.14. The van der Waals surface area contributed by atoms with Crippen LogP contribution in [0.2, 0.25) is 0 Å². The van der Waals surface area contributed by atoms with Crippen LogP contribution < -0.4 is 5.32 Å². The number of fused-ring (bicyclic) bond motifs is 2. The zero-order chi connectivity index (χ0) is 23.3. The Bertz CT molecular complexity index is 1150. The van der Waals surface area contributed by atoms with E-state index >= 15 is 0 Å². The summed E-state index contributed by atoms with van der Waals surface area (Å²) >= 11 is 0. The first-order valence-corrected chi connectivity index (χ1v) is 12.3. The first-order valence-electron chi connectivity index (χ1n) is 12.3. The monoisotopic (exact) mass is 460 g/mol. The van der Waals surface area contributed by atoms with Gasteiger partial charge in [0.05, 0.1) is 6.10 Å². The minimum Gasteiger partial charge on any atom is -0.480 e. The minimum atomic E-state index is -0.822. The number of carboxylic acid groups (broad SMARTS) is 1. The molecule has 2 N–H and O–H groups in total. The SMILES string of the molecule is O=C(O)C(c1cccc2cnccc12)N1CCC(OCCCCc2ccc3c(n2)NCCC3)C1. The van der Waals surface area contributed by atoms with E-state index in [2.05, 4.69) is 22.4 Å². The first kappa shape index (κ1) is 22.7. The molecule has 4 heterocycles. The second-order valence-electron chi connectivity index (χ2n) is 9.26. The zero-order valence-electron chi connectivity index (χ0n) is 19.4. The van der Waals surface area contributed by atoms with Gasteiger partial charge in [-0.1, -0.05) is 24.3 Å². The molecule has 7 nitrogen and oxygen atoms in total. The lowest BCUT2D eigenvalue weighted by atomic mass is 9.99. The number of benzene rings is 1. The Labute approximate surface area is 200 Å². The van der Waals surface area contributed by atoms with Crippen LogP contribution >= 0.6 is 0 Å². The van der Waals surface area contributed by atoms with Gasteiger partial charge in [0.25, 0.3) is 0 Å². The van der Waals surface area contributed by atoms with Gasteiger partial charge < -0.3 is 15.2 Å². The Hall–Kier alpha value is -3.03. The van der Waals surface area contributed by atoms with Crippen molar-refractivity contribution in [3.63, 3.8) is 0 Å². The summed E-state index contributed by atoms with van der Waals surface area (Å²) in [6.07, 6.45) is 9.68. The lowest BCUT2D eigenvalue weighted by molar-refractivity contribution is -0.143. The minimum absolute atomic E-state index is 0.0737. The first-order chi connectivity index (χ1) is 16.7. The second kappa shape index (κ2) is 10.5. The molecule has 2 aliphatic heterocycles. The number of aliphatic carboxylic acids is 1. The smallest absolute Gasteiger partial charge is 0.325 e. The highest BCUT2D eigenvalue weighted by molar-refractivity contribution is 5.90. The van der Waals surface area contributed by atoms with Gasteiger partial charge in [-0.2, -0.15) is 0 Å². The number of nitrogens with one attached hydrogen (secondary N) is 1. The molecule has 3 aromatic rings. The number of carbonyl (C=O) groups is 1. The maximum absolute atomic E-state index is 12.3. The Balaban J connectivity index is 1.12. The molecule has 1 fully saturated rings. The number of carboxylic acids is 1. The van der Waals surface area contributed by atoms with Crippen LogP contribution in [0, 0.1) is 0 Å². The van der Waals surface area contributed by atoms with Crippen LogP contribution in [-0.2, 0) is 22.4 Å². The van der Waals surface area contributed by atoms with Crippen molar-refractivity contribution in [1.29, 1.82) is 0 Å². The normalized spacial score (nSPS) is 19.0. The highest BCUT2D eigenvalue weighted by Crippen LogP contribution is 2.31. The molecule has 1 saturated heterocycles. The molecule has 2 atom stereocenters. The largest absolute Gasteiger partial charge is 0.480 e. The fourth-order valence-electron chi connectivity index (χ4n) is 5.16. The topological polar surface area (TPSA) is 87.6 Å². The Kier molecular flexibility index (Phi) is 7.02. The van der Waals surface area contributed by atoms with E-state index in [4.69, 9.17) is 9.72 Å². The van der Waals surface area contributed by atoms with Gasteiger partial charge in [0.15, 0.2) is 0 Å². The number of rotatable bonds is 9. The molecule has 0 spiro atoms. The van der Waals surface area contributed by atoms with Gasteiger partial charge in [-0.15, -0.1) is 0 Å². The summed E-state index contributed by atoms with van der Waals surface area (Å²) in [6.45, 7) is 3.06. The molecule has 5 rings (SSSR count). The second-order valence-corrected chi connectivity index (χ2v) is 9.26. The van der Waals surface area contributed by atoms with Crippen molar-refractivity contribution in [2.24, 2.45) is 0 Å². The predicted octanol–water partition coefficient (Wildman–Crippen LogP) is 4.23. The Morgan fingerprint density at radius 2 is 2.18 bits per heavy atom. The number of hydrogen-bond donors (Lipinski definition) is 2. The van der Waals surface area contributed by atoms with Crippen molar-refractivity contribution < 1.29 is 14.6 Å². The van der Waals surface area contributed by atoms with Crippen LogP contribution in [0.5, 0.6) is 0 Å². The van der Waals surface area contributed by atoms with E-state index in [-0.39, 0.29) is 6.10 Å². The van der Waals surface area contributed by atoms with Gasteiger partial charge in [-0.25, -0.2) is 4.98 Å². The Morgan fingerprint density at radius 3 is 3.09 bits per heavy atom. The maximum Gasteiger partial charge on any atom is 0.325 e.